The molecule has 172 valence electrons. The maximum Gasteiger partial charge on any atom is 0.0344 e. The zero-order chi connectivity index (χ0) is 22.7. The molecule has 4 aliphatic rings. The summed E-state index contributed by atoms with van der Waals surface area (Å²) in [4.78, 5) is 0. The van der Waals surface area contributed by atoms with Gasteiger partial charge in [-0.1, -0.05) is 24.3 Å². The van der Waals surface area contributed by atoms with Gasteiger partial charge in [-0.3, -0.25) is 0 Å². The highest BCUT2D eigenvalue weighted by Crippen LogP contribution is 2.65. The molecule has 0 spiro atoms. The summed E-state index contributed by atoms with van der Waals surface area (Å²) in [5.74, 6) is 3.49. The maximum atomic E-state index is 3.65. The second-order valence-electron chi connectivity index (χ2n) is 13.1. The first-order chi connectivity index (χ1) is 15.0. The van der Waals surface area contributed by atoms with Crippen LogP contribution in [-0.4, -0.2) is 11.1 Å². The summed E-state index contributed by atoms with van der Waals surface area (Å²) in [6.45, 7) is 13.4. The van der Waals surface area contributed by atoms with Crippen molar-refractivity contribution in [1.82, 2.24) is 0 Å². The van der Waals surface area contributed by atoms with Crippen molar-refractivity contribution in [3.05, 3.63) is 59.7 Å². The third kappa shape index (κ3) is 3.95. The van der Waals surface area contributed by atoms with Gasteiger partial charge in [-0.2, -0.15) is 0 Å². The molecule has 0 aromatic heterocycles. The average Bonchev–Trinajstić information content (AvgIpc) is 2.67. The van der Waals surface area contributed by atoms with Crippen molar-refractivity contribution in [1.29, 1.82) is 0 Å². The number of rotatable bonds is 4. The molecule has 2 aromatic rings. The number of anilines is 2. The second kappa shape index (κ2) is 7.54. The molecule has 4 aliphatic carbocycles. The monoisotopic (exact) mass is 430 g/mol. The minimum atomic E-state index is 0.0811. The molecular formula is C30H42N2. The van der Waals surface area contributed by atoms with E-state index in [1.165, 1.54) is 43.5 Å². The lowest BCUT2D eigenvalue weighted by Gasteiger charge is -2.62. The van der Waals surface area contributed by atoms with Crippen molar-refractivity contribution in [2.75, 3.05) is 10.6 Å². The van der Waals surface area contributed by atoms with Crippen molar-refractivity contribution in [2.45, 2.75) is 90.1 Å². The molecule has 0 heterocycles. The third-order valence-electron chi connectivity index (χ3n) is 8.19. The molecule has 4 saturated carbocycles. The molecule has 0 amide bonds. The van der Waals surface area contributed by atoms with Gasteiger partial charge in [0.15, 0.2) is 0 Å². The average molecular weight is 431 g/mol. The minimum absolute atomic E-state index is 0.0811. The van der Waals surface area contributed by atoms with Gasteiger partial charge in [-0.25, -0.2) is 0 Å². The van der Waals surface area contributed by atoms with Crippen LogP contribution in [-0.2, 0) is 5.41 Å². The molecule has 4 fully saturated rings. The molecule has 32 heavy (non-hydrogen) atoms. The fraction of sp³-hybridized carbons (Fsp3) is 0.600. The van der Waals surface area contributed by atoms with E-state index in [0.717, 1.165) is 23.7 Å². The third-order valence-corrected chi connectivity index (χ3v) is 8.19. The summed E-state index contributed by atoms with van der Waals surface area (Å²) in [6.07, 6.45) is 7.15. The fourth-order valence-electron chi connectivity index (χ4n) is 7.56. The number of hydrogen-bond acceptors (Lipinski definition) is 2. The van der Waals surface area contributed by atoms with Crippen LogP contribution in [0.15, 0.2) is 48.5 Å². The lowest BCUT2D eigenvalue weighted by Crippen LogP contribution is -2.56. The van der Waals surface area contributed by atoms with E-state index in [1.807, 2.05) is 0 Å². The normalized spacial score (nSPS) is 28.6. The Kier molecular flexibility index (Phi) is 5.15. The largest absolute Gasteiger partial charge is 0.380 e. The summed E-state index contributed by atoms with van der Waals surface area (Å²) in [5, 5.41) is 7.30. The molecule has 2 N–H and O–H groups in total. The van der Waals surface area contributed by atoms with E-state index in [4.69, 9.17) is 0 Å². The van der Waals surface area contributed by atoms with Gasteiger partial charge < -0.3 is 10.6 Å². The Morgan fingerprint density at radius 3 is 1.22 bits per heavy atom. The van der Waals surface area contributed by atoms with Crippen LogP contribution in [0.1, 0.15) is 84.8 Å². The Bertz CT molecular complexity index is 851. The SMILES string of the molecule is CC(C)(C)Nc1ccc(C2(c3ccc(NC(C)(C)C)cc3)C3CC4CC(C3)CC2C4)cc1. The van der Waals surface area contributed by atoms with Crippen molar-refractivity contribution < 1.29 is 0 Å². The van der Waals surface area contributed by atoms with Crippen molar-refractivity contribution in [3.8, 4) is 0 Å². The van der Waals surface area contributed by atoms with E-state index >= 15 is 0 Å². The van der Waals surface area contributed by atoms with Gasteiger partial charge >= 0.3 is 0 Å². The van der Waals surface area contributed by atoms with E-state index < -0.39 is 0 Å². The Labute approximate surface area is 195 Å². The highest BCUT2D eigenvalue weighted by atomic mass is 15.0. The van der Waals surface area contributed by atoms with Gasteiger partial charge in [0, 0.05) is 27.9 Å². The first-order valence-corrected chi connectivity index (χ1v) is 12.8. The van der Waals surface area contributed by atoms with E-state index in [2.05, 4.69) is 101 Å². The molecule has 6 rings (SSSR count). The number of benzene rings is 2. The fourth-order valence-corrected chi connectivity index (χ4v) is 7.56. The van der Waals surface area contributed by atoms with Crippen LogP contribution in [0.25, 0.3) is 0 Å². The Hall–Kier alpha value is -1.96. The predicted octanol–water partition coefficient (Wildman–Crippen LogP) is 7.85. The molecule has 0 saturated heterocycles. The number of hydrogen-bond donors (Lipinski definition) is 2. The molecule has 2 heteroatoms. The van der Waals surface area contributed by atoms with E-state index in [1.54, 1.807) is 11.1 Å². The van der Waals surface area contributed by atoms with Crippen LogP contribution < -0.4 is 10.6 Å². The highest BCUT2D eigenvalue weighted by molar-refractivity contribution is 5.54. The summed E-state index contributed by atoms with van der Waals surface area (Å²) in [6, 6.07) is 19.1. The Morgan fingerprint density at radius 2 is 0.906 bits per heavy atom. The van der Waals surface area contributed by atoms with Crippen LogP contribution in [0, 0.1) is 23.7 Å². The van der Waals surface area contributed by atoms with Crippen molar-refractivity contribution in [2.24, 2.45) is 23.7 Å². The smallest absolute Gasteiger partial charge is 0.0344 e. The van der Waals surface area contributed by atoms with Crippen molar-refractivity contribution >= 4 is 11.4 Å². The van der Waals surface area contributed by atoms with Crippen LogP contribution in [0.5, 0.6) is 0 Å². The van der Waals surface area contributed by atoms with Gasteiger partial charge in [-0.05, 0) is 133 Å². The van der Waals surface area contributed by atoms with E-state index in [9.17, 15) is 0 Å². The summed E-state index contributed by atoms with van der Waals surface area (Å²) >= 11 is 0. The van der Waals surface area contributed by atoms with E-state index in [0.29, 0.717) is 0 Å². The molecule has 0 radical (unpaired) electrons. The van der Waals surface area contributed by atoms with Gasteiger partial charge in [0.1, 0.15) is 0 Å². The lowest BCUT2D eigenvalue weighted by atomic mass is 9.42. The molecule has 2 nitrogen and oxygen atoms in total. The molecule has 4 bridgehead atoms. The molecular weight excluding hydrogens is 388 g/mol. The van der Waals surface area contributed by atoms with Crippen LogP contribution in [0.4, 0.5) is 11.4 Å². The first-order valence-electron chi connectivity index (χ1n) is 12.8. The minimum Gasteiger partial charge on any atom is -0.380 e. The summed E-state index contributed by atoms with van der Waals surface area (Å²) < 4.78 is 0. The van der Waals surface area contributed by atoms with Crippen LogP contribution in [0.3, 0.4) is 0 Å². The molecule has 0 aliphatic heterocycles. The Balaban J connectivity index is 1.55. The van der Waals surface area contributed by atoms with E-state index in [-0.39, 0.29) is 16.5 Å². The van der Waals surface area contributed by atoms with Gasteiger partial charge in [0.25, 0.3) is 0 Å². The summed E-state index contributed by atoms with van der Waals surface area (Å²) in [7, 11) is 0. The van der Waals surface area contributed by atoms with Crippen LogP contribution in [0.2, 0.25) is 0 Å². The predicted molar refractivity (Wildman–Crippen MR) is 137 cm³/mol. The zero-order valence-electron chi connectivity index (χ0n) is 21.0. The second-order valence-corrected chi connectivity index (χ2v) is 13.1. The zero-order valence-corrected chi connectivity index (χ0v) is 21.0. The highest BCUT2D eigenvalue weighted by Gasteiger charge is 2.58. The number of nitrogens with one attached hydrogen (secondary N) is 2. The molecule has 0 atom stereocenters. The standard InChI is InChI=1S/C30H42N2/c1-28(2,3)31-26-11-7-22(8-12-26)30(23-9-13-27(14-10-23)32-29(4,5)6)24-16-20-15-21(18-24)19-25(30)17-20/h7-14,20-21,24-25,31-32H,15-19H2,1-6H3. The molecule has 0 unspecified atom stereocenters. The maximum absolute atomic E-state index is 3.65. The quantitative estimate of drug-likeness (QED) is 0.516. The molecule has 2 aromatic carbocycles. The van der Waals surface area contributed by atoms with Gasteiger partial charge in [0.05, 0.1) is 0 Å². The van der Waals surface area contributed by atoms with Crippen molar-refractivity contribution in [3.63, 3.8) is 0 Å². The first kappa shape index (κ1) is 21.9. The van der Waals surface area contributed by atoms with Gasteiger partial charge in [0.2, 0.25) is 0 Å². The topological polar surface area (TPSA) is 24.1 Å². The lowest BCUT2D eigenvalue weighted by molar-refractivity contribution is -0.0418. The van der Waals surface area contributed by atoms with Crippen LogP contribution >= 0.6 is 0 Å². The Morgan fingerprint density at radius 1 is 0.562 bits per heavy atom. The summed E-state index contributed by atoms with van der Waals surface area (Å²) in [5.41, 5.74) is 5.88. The van der Waals surface area contributed by atoms with Gasteiger partial charge in [-0.15, -0.1) is 0 Å².